The predicted octanol–water partition coefficient (Wildman–Crippen LogP) is 6.17. The summed E-state index contributed by atoms with van der Waals surface area (Å²) in [5, 5.41) is 0. The van der Waals surface area contributed by atoms with Crippen LogP contribution in [0.25, 0.3) is 0 Å². The number of alkyl halides is 2. The van der Waals surface area contributed by atoms with Gasteiger partial charge in [-0.1, -0.05) is 39.2 Å². The van der Waals surface area contributed by atoms with Gasteiger partial charge < -0.3 is 14.9 Å². The van der Waals surface area contributed by atoms with Crippen molar-refractivity contribution in [3.05, 3.63) is 12.7 Å². The highest BCUT2D eigenvalue weighted by Crippen LogP contribution is 2.46. The average Bonchev–Trinajstić information content (AvgIpc) is 2.81. The standard InChI is InChI=1S/C27H44F2O3.H2O/c1-3-6-19-7-9-20(10-8-19)21-11-13-22(14-12-21)23-17-24(28)27(25(29)18-23)32-16-5-15-31-26(30)4-2;/h4,19-25,27H,2-3,5-18H2,1H3;1H2. The Bertz CT molecular complexity index is 558. The molecule has 0 aromatic rings. The van der Waals surface area contributed by atoms with Gasteiger partial charge in [0.1, 0.15) is 18.4 Å². The lowest BCUT2D eigenvalue weighted by Gasteiger charge is -2.42. The van der Waals surface area contributed by atoms with E-state index in [0.29, 0.717) is 25.2 Å². The highest BCUT2D eigenvalue weighted by atomic mass is 19.1. The van der Waals surface area contributed by atoms with Crippen LogP contribution in [0, 0.1) is 29.6 Å². The minimum absolute atomic E-state index is 0. The first-order valence-electron chi connectivity index (χ1n) is 13.2. The maximum Gasteiger partial charge on any atom is 0.330 e. The van der Waals surface area contributed by atoms with Gasteiger partial charge in [0.2, 0.25) is 0 Å². The van der Waals surface area contributed by atoms with Crippen LogP contribution >= 0.6 is 0 Å². The van der Waals surface area contributed by atoms with Gasteiger partial charge in [0, 0.05) is 12.5 Å². The van der Waals surface area contributed by atoms with E-state index in [2.05, 4.69) is 13.5 Å². The van der Waals surface area contributed by atoms with E-state index in [9.17, 15) is 13.6 Å². The first-order chi connectivity index (χ1) is 15.5. The molecule has 2 N–H and O–H groups in total. The summed E-state index contributed by atoms with van der Waals surface area (Å²) in [4.78, 5) is 11.0. The van der Waals surface area contributed by atoms with Crippen LogP contribution < -0.4 is 0 Å². The number of carbonyl (C=O) groups is 1. The molecule has 192 valence electrons. The van der Waals surface area contributed by atoms with Crippen LogP contribution in [0.1, 0.15) is 90.4 Å². The molecule has 0 spiro atoms. The summed E-state index contributed by atoms with van der Waals surface area (Å²) in [6.45, 7) is 6.00. The minimum Gasteiger partial charge on any atom is -0.462 e. The van der Waals surface area contributed by atoms with Crippen LogP contribution in [0.15, 0.2) is 12.7 Å². The van der Waals surface area contributed by atoms with E-state index in [-0.39, 0.29) is 24.6 Å². The van der Waals surface area contributed by atoms with Gasteiger partial charge in [-0.3, -0.25) is 0 Å². The number of esters is 1. The maximum absolute atomic E-state index is 14.8. The van der Waals surface area contributed by atoms with Crippen molar-refractivity contribution in [2.24, 2.45) is 29.6 Å². The van der Waals surface area contributed by atoms with Crippen molar-refractivity contribution in [2.45, 2.75) is 109 Å². The first kappa shape index (κ1) is 28.2. The predicted molar refractivity (Wildman–Crippen MR) is 127 cm³/mol. The number of carbonyl (C=O) groups excluding carboxylic acids is 1. The van der Waals surface area contributed by atoms with Crippen LogP contribution in [-0.4, -0.2) is 43.1 Å². The average molecular weight is 473 g/mol. The summed E-state index contributed by atoms with van der Waals surface area (Å²) in [5.74, 6) is 2.81. The van der Waals surface area contributed by atoms with Crippen LogP contribution in [0.4, 0.5) is 8.78 Å². The third-order valence-corrected chi connectivity index (χ3v) is 8.52. The summed E-state index contributed by atoms with van der Waals surface area (Å²) in [6.07, 6.45) is 12.0. The summed E-state index contributed by atoms with van der Waals surface area (Å²) in [7, 11) is 0. The normalized spacial score (nSPS) is 37.1. The molecule has 0 heterocycles. The molecule has 2 unspecified atom stereocenters. The molecule has 0 radical (unpaired) electrons. The lowest BCUT2D eigenvalue weighted by atomic mass is 9.65. The van der Waals surface area contributed by atoms with E-state index in [0.717, 1.165) is 36.7 Å². The smallest absolute Gasteiger partial charge is 0.330 e. The highest BCUT2D eigenvalue weighted by Gasteiger charge is 2.43. The number of halogens is 2. The van der Waals surface area contributed by atoms with Crippen LogP contribution in [0.5, 0.6) is 0 Å². The first-order valence-corrected chi connectivity index (χ1v) is 13.2. The van der Waals surface area contributed by atoms with Gasteiger partial charge in [0.25, 0.3) is 0 Å². The Morgan fingerprint density at radius 1 is 0.879 bits per heavy atom. The van der Waals surface area contributed by atoms with Crippen LogP contribution in [0.2, 0.25) is 0 Å². The lowest BCUT2D eigenvalue weighted by molar-refractivity contribution is -0.139. The summed E-state index contributed by atoms with van der Waals surface area (Å²) in [6, 6.07) is 0. The van der Waals surface area contributed by atoms with E-state index in [4.69, 9.17) is 9.47 Å². The molecule has 3 rings (SSSR count). The molecule has 3 fully saturated rings. The third kappa shape index (κ3) is 8.31. The zero-order valence-electron chi connectivity index (χ0n) is 20.5. The molecule has 0 saturated heterocycles. The Morgan fingerprint density at radius 2 is 1.39 bits per heavy atom. The van der Waals surface area contributed by atoms with Crippen molar-refractivity contribution in [3.63, 3.8) is 0 Å². The molecular formula is C27H46F2O4. The van der Waals surface area contributed by atoms with E-state index in [1.54, 1.807) is 0 Å². The highest BCUT2D eigenvalue weighted by molar-refractivity contribution is 5.81. The molecule has 4 nitrogen and oxygen atoms in total. The summed E-state index contributed by atoms with van der Waals surface area (Å²) >= 11 is 0. The molecule has 33 heavy (non-hydrogen) atoms. The monoisotopic (exact) mass is 472 g/mol. The van der Waals surface area contributed by atoms with Crippen molar-refractivity contribution in [3.8, 4) is 0 Å². The van der Waals surface area contributed by atoms with Gasteiger partial charge >= 0.3 is 5.97 Å². The maximum atomic E-state index is 14.8. The lowest BCUT2D eigenvalue weighted by Crippen LogP contribution is -2.44. The van der Waals surface area contributed by atoms with Crippen molar-refractivity contribution < 1.29 is 28.5 Å². The molecule has 0 aromatic carbocycles. The molecule has 3 aliphatic carbocycles. The molecule has 0 bridgehead atoms. The molecule has 2 atom stereocenters. The Balaban J connectivity index is 0.00000385. The number of hydrogen-bond donors (Lipinski definition) is 0. The van der Waals surface area contributed by atoms with E-state index >= 15 is 0 Å². The number of rotatable bonds is 10. The Labute approximate surface area is 199 Å². The second kappa shape index (κ2) is 14.4. The number of ether oxygens (including phenoxy) is 2. The van der Waals surface area contributed by atoms with Crippen molar-refractivity contribution >= 4 is 5.97 Å². The second-order valence-electron chi connectivity index (χ2n) is 10.6. The second-order valence-corrected chi connectivity index (χ2v) is 10.6. The van der Waals surface area contributed by atoms with Crippen LogP contribution in [-0.2, 0) is 14.3 Å². The van der Waals surface area contributed by atoms with Gasteiger partial charge in [-0.15, -0.1) is 0 Å². The van der Waals surface area contributed by atoms with Gasteiger partial charge in [-0.2, -0.15) is 0 Å². The molecule has 0 aliphatic heterocycles. The zero-order chi connectivity index (χ0) is 22.9. The van der Waals surface area contributed by atoms with Crippen molar-refractivity contribution in [1.82, 2.24) is 0 Å². The van der Waals surface area contributed by atoms with Gasteiger partial charge in [-0.25, -0.2) is 13.6 Å². The SMILES string of the molecule is C=CC(=O)OCCCOC1C(F)CC(C2CCC(C3CCC(CCC)CC3)CC2)CC1F.O. The quantitative estimate of drug-likeness (QED) is 0.217. The Kier molecular flexibility index (Phi) is 12.3. The van der Waals surface area contributed by atoms with E-state index in [1.165, 1.54) is 51.4 Å². The molecular weight excluding hydrogens is 426 g/mol. The minimum atomic E-state index is -1.24. The molecule has 6 heteroatoms. The van der Waals surface area contributed by atoms with Gasteiger partial charge in [0.15, 0.2) is 0 Å². The molecule has 0 aromatic heterocycles. The fourth-order valence-corrected chi connectivity index (χ4v) is 6.72. The van der Waals surface area contributed by atoms with Gasteiger partial charge in [0.05, 0.1) is 13.2 Å². The number of hydrogen-bond acceptors (Lipinski definition) is 3. The fourth-order valence-electron chi connectivity index (χ4n) is 6.72. The summed E-state index contributed by atoms with van der Waals surface area (Å²) in [5.41, 5.74) is 0. The fraction of sp³-hybridized carbons (Fsp3) is 0.889. The van der Waals surface area contributed by atoms with Crippen LogP contribution in [0.3, 0.4) is 0 Å². The Morgan fingerprint density at radius 3 is 1.91 bits per heavy atom. The van der Waals surface area contributed by atoms with Gasteiger partial charge in [-0.05, 0) is 81.0 Å². The van der Waals surface area contributed by atoms with E-state index < -0.39 is 24.4 Å². The molecule has 3 saturated carbocycles. The van der Waals surface area contributed by atoms with Crippen molar-refractivity contribution in [1.29, 1.82) is 0 Å². The van der Waals surface area contributed by atoms with Crippen molar-refractivity contribution in [2.75, 3.05) is 13.2 Å². The molecule has 3 aliphatic rings. The zero-order valence-corrected chi connectivity index (χ0v) is 20.5. The molecule has 0 amide bonds. The Hall–Kier alpha value is -1.01. The largest absolute Gasteiger partial charge is 0.462 e. The van der Waals surface area contributed by atoms with E-state index in [1.807, 2.05) is 0 Å². The summed E-state index contributed by atoms with van der Waals surface area (Å²) < 4.78 is 40.0. The topological polar surface area (TPSA) is 67.0 Å². The third-order valence-electron chi connectivity index (χ3n) is 8.52.